The normalized spacial score (nSPS) is 26.5. The molecule has 0 unspecified atom stereocenters. The monoisotopic (exact) mass is 606 g/mol. The summed E-state index contributed by atoms with van der Waals surface area (Å²) in [5.74, 6) is -1.67. The third kappa shape index (κ3) is 9.41. The van der Waals surface area contributed by atoms with E-state index in [1.807, 2.05) is 63.2 Å². The predicted octanol–water partition coefficient (Wildman–Crippen LogP) is 3.83. The van der Waals surface area contributed by atoms with Crippen LogP contribution in [0.3, 0.4) is 0 Å². The van der Waals surface area contributed by atoms with Gasteiger partial charge in [0.25, 0.3) is 0 Å². The zero-order chi connectivity index (χ0) is 31.6. The average Bonchev–Trinajstić information content (AvgIpc) is 3.81. The molecule has 10 nitrogen and oxygen atoms in total. The Morgan fingerprint density at radius 3 is 2.36 bits per heavy atom. The molecule has 2 heterocycles. The van der Waals surface area contributed by atoms with Crippen molar-refractivity contribution in [3.8, 4) is 5.75 Å². The van der Waals surface area contributed by atoms with E-state index in [-0.39, 0.29) is 56.3 Å². The van der Waals surface area contributed by atoms with Crippen LogP contribution in [0, 0.1) is 11.8 Å². The standard InChI is InChI=1S/C34H42N2O8/c1-21(2)19-28-34(40)43-27(22(3)31-32(44-31)24-9-6-5-7-10-24)11-8-12-29(37)36-26(33(39)35-18-17-30(38)42-28)20-23-13-15-25(41-4)16-14-23/h5-10,12-16,21-22,26-28,31-32H,11,17-20H2,1-4H3,(H,35,39)(H,36,37)/b12-8+/t22-,26-,27-,28-,31+,32+/m0/s1. The van der Waals surface area contributed by atoms with E-state index in [4.69, 9.17) is 18.9 Å². The molecule has 2 aliphatic rings. The van der Waals surface area contributed by atoms with Crippen molar-refractivity contribution in [2.75, 3.05) is 13.7 Å². The fraction of sp³-hybridized carbons (Fsp3) is 0.471. The SMILES string of the molecule is COc1ccc(C[C@@H]2NC(=O)/C=C/C[C@@H]([C@H](C)[C@H]3O[C@@H]3c3ccccc3)OC(=O)[C@H](CC(C)C)OC(=O)CCNC2=O)cc1. The summed E-state index contributed by atoms with van der Waals surface area (Å²) in [6.07, 6.45) is 1.50. The topological polar surface area (TPSA) is 133 Å². The van der Waals surface area contributed by atoms with E-state index in [2.05, 4.69) is 10.6 Å². The van der Waals surface area contributed by atoms with Crippen LogP contribution in [-0.2, 0) is 39.8 Å². The van der Waals surface area contributed by atoms with Crippen LogP contribution in [0.25, 0.3) is 0 Å². The van der Waals surface area contributed by atoms with E-state index < -0.39 is 42.0 Å². The first-order valence-electron chi connectivity index (χ1n) is 15.1. The average molecular weight is 607 g/mol. The van der Waals surface area contributed by atoms with Gasteiger partial charge in [-0.05, 0) is 41.7 Å². The molecule has 0 radical (unpaired) electrons. The van der Waals surface area contributed by atoms with Crippen molar-refractivity contribution >= 4 is 23.8 Å². The summed E-state index contributed by atoms with van der Waals surface area (Å²) in [5, 5.41) is 5.47. The molecule has 2 aromatic carbocycles. The number of esters is 2. The van der Waals surface area contributed by atoms with Gasteiger partial charge in [-0.1, -0.05) is 69.3 Å². The number of ether oxygens (including phenoxy) is 4. The molecule has 0 aliphatic carbocycles. The molecular formula is C34H42N2O8. The van der Waals surface area contributed by atoms with Gasteiger partial charge in [0.1, 0.15) is 24.0 Å². The maximum Gasteiger partial charge on any atom is 0.347 e. The zero-order valence-electron chi connectivity index (χ0n) is 25.7. The Morgan fingerprint density at radius 1 is 0.955 bits per heavy atom. The lowest BCUT2D eigenvalue weighted by Crippen LogP contribution is -2.48. The molecule has 1 fully saturated rings. The Kier molecular flexibility index (Phi) is 11.5. The van der Waals surface area contributed by atoms with E-state index in [9.17, 15) is 19.2 Å². The van der Waals surface area contributed by atoms with Crippen molar-refractivity contribution in [1.29, 1.82) is 0 Å². The van der Waals surface area contributed by atoms with Crippen molar-refractivity contribution in [3.63, 3.8) is 0 Å². The Balaban J connectivity index is 1.54. The third-order valence-electron chi connectivity index (χ3n) is 7.75. The number of carbonyl (C=O) groups excluding carboxylic acids is 4. The van der Waals surface area contributed by atoms with Crippen LogP contribution in [0.2, 0.25) is 0 Å². The van der Waals surface area contributed by atoms with E-state index >= 15 is 0 Å². The Labute approximate surface area is 258 Å². The van der Waals surface area contributed by atoms with Gasteiger partial charge in [0.15, 0.2) is 6.10 Å². The van der Waals surface area contributed by atoms with Gasteiger partial charge in [-0.25, -0.2) is 4.79 Å². The first-order chi connectivity index (χ1) is 21.1. The summed E-state index contributed by atoms with van der Waals surface area (Å²) >= 11 is 0. The maximum atomic E-state index is 13.3. The molecule has 1 saturated heterocycles. The molecule has 4 rings (SSSR count). The number of cyclic esters (lactones) is 2. The van der Waals surface area contributed by atoms with E-state index in [0.717, 1.165) is 11.1 Å². The number of amides is 2. The fourth-order valence-corrected chi connectivity index (χ4v) is 5.23. The summed E-state index contributed by atoms with van der Waals surface area (Å²) in [6, 6.07) is 16.1. The minimum Gasteiger partial charge on any atom is -0.497 e. The highest BCUT2D eigenvalue weighted by Crippen LogP contribution is 2.45. The molecule has 2 amide bonds. The number of benzene rings is 2. The largest absolute Gasteiger partial charge is 0.497 e. The first kappa shape index (κ1) is 32.7. The molecule has 44 heavy (non-hydrogen) atoms. The second-order valence-corrected chi connectivity index (χ2v) is 11.7. The van der Waals surface area contributed by atoms with Crippen LogP contribution in [0.15, 0.2) is 66.7 Å². The Bertz CT molecular complexity index is 1310. The van der Waals surface area contributed by atoms with Crippen molar-refractivity contribution in [2.45, 2.75) is 76.9 Å². The Morgan fingerprint density at radius 2 is 1.68 bits per heavy atom. The van der Waals surface area contributed by atoms with Gasteiger partial charge >= 0.3 is 11.9 Å². The minimum absolute atomic E-state index is 0.0223. The van der Waals surface area contributed by atoms with Crippen LogP contribution in [0.1, 0.15) is 57.3 Å². The van der Waals surface area contributed by atoms with Gasteiger partial charge in [0, 0.05) is 25.3 Å². The van der Waals surface area contributed by atoms with Crippen molar-refractivity contribution in [2.24, 2.45) is 11.8 Å². The molecule has 0 aromatic heterocycles. The van der Waals surface area contributed by atoms with Crippen LogP contribution in [0.4, 0.5) is 0 Å². The van der Waals surface area contributed by atoms with Crippen molar-refractivity contribution < 1.29 is 38.1 Å². The fourth-order valence-electron chi connectivity index (χ4n) is 5.23. The number of hydrogen-bond donors (Lipinski definition) is 2. The first-order valence-corrected chi connectivity index (χ1v) is 15.1. The number of carbonyl (C=O) groups is 4. The minimum atomic E-state index is -1.10. The quantitative estimate of drug-likeness (QED) is 0.342. The van der Waals surface area contributed by atoms with Gasteiger partial charge in [0.05, 0.1) is 19.6 Å². The third-order valence-corrected chi connectivity index (χ3v) is 7.75. The zero-order valence-corrected chi connectivity index (χ0v) is 25.7. The van der Waals surface area contributed by atoms with Crippen LogP contribution in [-0.4, -0.2) is 61.8 Å². The highest BCUT2D eigenvalue weighted by atomic mass is 16.6. The molecule has 2 N–H and O–H groups in total. The molecule has 2 aliphatic heterocycles. The number of epoxide rings is 1. The maximum absolute atomic E-state index is 13.3. The van der Waals surface area contributed by atoms with Gasteiger partial charge in [0.2, 0.25) is 11.8 Å². The van der Waals surface area contributed by atoms with Gasteiger partial charge in [-0.15, -0.1) is 0 Å². The van der Waals surface area contributed by atoms with Crippen LogP contribution < -0.4 is 15.4 Å². The van der Waals surface area contributed by atoms with E-state index in [0.29, 0.717) is 5.75 Å². The highest BCUT2D eigenvalue weighted by molar-refractivity contribution is 5.93. The summed E-state index contributed by atoms with van der Waals surface area (Å²) < 4.78 is 22.7. The van der Waals surface area contributed by atoms with Crippen LogP contribution >= 0.6 is 0 Å². The number of rotatable bonds is 8. The van der Waals surface area contributed by atoms with Crippen LogP contribution in [0.5, 0.6) is 5.75 Å². The molecular weight excluding hydrogens is 564 g/mol. The molecule has 10 heteroatoms. The molecule has 6 atom stereocenters. The van der Waals surface area contributed by atoms with E-state index in [1.54, 1.807) is 25.3 Å². The number of methoxy groups -OCH3 is 1. The van der Waals surface area contributed by atoms with E-state index in [1.165, 1.54) is 6.08 Å². The number of hydrogen-bond acceptors (Lipinski definition) is 8. The van der Waals surface area contributed by atoms with Gasteiger partial charge in [-0.3, -0.25) is 14.4 Å². The molecule has 0 spiro atoms. The summed E-state index contributed by atoms with van der Waals surface area (Å²) in [5.41, 5.74) is 1.85. The Hall–Kier alpha value is -4.18. The lowest BCUT2D eigenvalue weighted by molar-refractivity contribution is -0.174. The summed E-state index contributed by atoms with van der Waals surface area (Å²) in [7, 11) is 1.57. The van der Waals surface area contributed by atoms with Crippen molar-refractivity contribution in [3.05, 3.63) is 77.9 Å². The lowest BCUT2D eigenvalue weighted by Gasteiger charge is -2.26. The smallest absolute Gasteiger partial charge is 0.347 e. The van der Waals surface area contributed by atoms with Crippen molar-refractivity contribution in [1.82, 2.24) is 10.6 Å². The molecule has 2 aromatic rings. The second-order valence-electron chi connectivity index (χ2n) is 11.7. The molecule has 236 valence electrons. The summed E-state index contributed by atoms with van der Waals surface area (Å²) in [6.45, 7) is 5.77. The molecule has 0 bridgehead atoms. The van der Waals surface area contributed by atoms with Gasteiger partial charge < -0.3 is 29.6 Å². The van der Waals surface area contributed by atoms with Gasteiger partial charge in [-0.2, -0.15) is 0 Å². The lowest BCUT2D eigenvalue weighted by atomic mass is 9.93. The number of nitrogens with one attached hydrogen (secondary N) is 2. The molecule has 0 saturated carbocycles. The highest BCUT2D eigenvalue weighted by Gasteiger charge is 2.47. The predicted molar refractivity (Wildman–Crippen MR) is 162 cm³/mol. The second kappa shape index (κ2) is 15.5. The summed E-state index contributed by atoms with van der Waals surface area (Å²) in [4.78, 5) is 52.2.